The lowest BCUT2D eigenvalue weighted by Gasteiger charge is -2.33. The molecule has 2 N–H and O–H groups in total. The Balaban J connectivity index is 1.42. The second-order valence-electron chi connectivity index (χ2n) is 8.80. The Labute approximate surface area is 194 Å². The van der Waals surface area contributed by atoms with E-state index >= 15 is 0 Å². The van der Waals surface area contributed by atoms with E-state index in [1.54, 1.807) is 7.11 Å². The summed E-state index contributed by atoms with van der Waals surface area (Å²) in [7, 11) is 1.67. The number of amides is 2. The molecule has 1 saturated heterocycles. The normalized spacial score (nSPS) is 16.1. The van der Waals surface area contributed by atoms with Gasteiger partial charge < -0.3 is 15.4 Å². The molecule has 0 aliphatic carbocycles. The standard InChI is InChI=1S/C27H31N3O3/c1-18-15-22(33-2)13-12-19(18)8-5-11-25(31)30-14-6-9-21(17-30)26-23(27(28)32)16-20-7-3-4-10-24(20)29-26/h3-4,7,10,12-13,15-16,21H,5-6,8-9,11,14,17H2,1-2H3,(H2,28,32). The van der Waals surface area contributed by atoms with Crippen molar-refractivity contribution in [2.45, 2.75) is 44.9 Å². The van der Waals surface area contributed by atoms with Crippen LogP contribution in [-0.2, 0) is 11.2 Å². The summed E-state index contributed by atoms with van der Waals surface area (Å²) < 4.78 is 5.27. The van der Waals surface area contributed by atoms with Gasteiger partial charge in [-0.1, -0.05) is 24.3 Å². The van der Waals surface area contributed by atoms with Crippen LogP contribution < -0.4 is 10.5 Å². The average Bonchev–Trinajstić information content (AvgIpc) is 2.84. The summed E-state index contributed by atoms with van der Waals surface area (Å²) in [4.78, 5) is 31.9. The molecule has 0 bridgehead atoms. The molecular formula is C27H31N3O3. The van der Waals surface area contributed by atoms with Crippen molar-refractivity contribution in [3.8, 4) is 5.75 Å². The number of hydrogen-bond acceptors (Lipinski definition) is 4. The van der Waals surface area contributed by atoms with Gasteiger partial charge in [-0.25, -0.2) is 0 Å². The van der Waals surface area contributed by atoms with E-state index in [4.69, 9.17) is 15.5 Å². The number of hydrogen-bond donors (Lipinski definition) is 1. The topological polar surface area (TPSA) is 85.5 Å². The summed E-state index contributed by atoms with van der Waals surface area (Å²) in [6, 6.07) is 15.6. The number of piperidine rings is 1. The molecule has 0 spiro atoms. The van der Waals surface area contributed by atoms with E-state index in [1.807, 2.05) is 47.4 Å². The molecule has 1 fully saturated rings. The smallest absolute Gasteiger partial charge is 0.250 e. The number of aryl methyl sites for hydroxylation is 2. The fourth-order valence-corrected chi connectivity index (χ4v) is 4.73. The molecule has 4 rings (SSSR count). The monoisotopic (exact) mass is 445 g/mol. The number of carbonyl (C=O) groups excluding carboxylic acids is 2. The first-order valence-electron chi connectivity index (χ1n) is 11.6. The maximum Gasteiger partial charge on any atom is 0.250 e. The Morgan fingerprint density at radius 2 is 2.00 bits per heavy atom. The number of carbonyl (C=O) groups is 2. The number of benzene rings is 2. The van der Waals surface area contributed by atoms with Crippen LogP contribution in [0.2, 0.25) is 0 Å². The van der Waals surface area contributed by atoms with Gasteiger partial charge in [0, 0.05) is 30.8 Å². The third-order valence-corrected chi connectivity index (χ3v) is 6.57. The SMILES string of the molecule is COc1ccc(CCCC(=O)N2CCCC(c3nc4ccccc4cc3C(N)=O)C2)c(C)c1. The van der Waals surface area contributed by atoms with Crippen molar-refractivity contribution >= 4 is 22.7 Å². The molecule has 6 heteroatoms. The molecule has 6 nitrogen and oxygen atoms in total. The first-order valence-corrected chi connectivity index (χ1v) is 11.6. The molecule has 1 aliphatic heterocycles. The summed E-state index contributed by atoms with van der Waals surface area (Å²) in [5, 5.41) is 0.896. The van der Waals surface area contributed by atoms with E-state index < -0.39 is 5.91 Å². The second kappa shape index (κ2) is 10.0. The highest BCUT2D eigenvalue weighted by Crippen LogP contribution is 2.30. The molecule has 1 aromatic heterocycles. The Bertz CT molecular complexity index is 1170. The zero-order chi connectivity index (χ0) is 23.4. The molecule has 1 unspecified atom stereocenters. The maximum atomic E-state index is 13.0. The van der Waals surface area contributed by atoms with Crippen LogP contribution >= 0.6 is 0 Å². The molecule has 33 heavy (non-hydrogen) atoms. The minimum atomic E-state index is -0.471. The lowest BCUT2D eigenvalue weighted by atomic mass is 9.90. The summed E-state index contributed by atoms with van der Waals surface area (Å²) in [6.07, 6.45) is 3.94. The largest absolute Gasteiger partial charge is 0.497 e. The highest BCUT2D eigenvalue weighted by Gasteiger charge is 2.28. The number of primary amides is 1. The van der Waals surface area contributed by atoms with Crippen molar-refractivity contribution in [3.63, 3.8) is 0 Å². The minimum absolute atomic E-state index is 0.0126. The predicted molar refractivity (Wildman–Crippen MR) is 129 cm³/mol. The van der Waals surface area contributed by atoms with Crippen LogP contribution in [0.5, 0.6) is 5.75 Å². The Morgan fingerprint density at radius 1 is 1.18 bits per heavy atom. The number of likely N-dealkylation sites (tertiary alicyclic amines) is 1. The summed E-state index contributed by atoms with van der Waals surface area (Å²) in [6.45, 7) is 3.39. The first kappa shape index (κ1) is 22.8. The van der Waals surface area contributed by atoms with Crippen LogP contribution in [0, 0.1) is 6.92 Å². The van der Waals surface area contributed by atoms with E-state index in [9.17, 15) is 9.59 Å². The number of aromatic nitrogens is 1. The van der Waals surface area contributed by atoms with Gasteiger partial charge in [-0.3, -0.25) is 14.6 Å². The van der Waals surface area contributed by atoms with E-state index in [0.717, 1.165) is 48.9 Å². The average molecular weight is 446 g/mol. The van der Waals surface area contributed by atoms with Crippen LogP contribution in [0.3, 0.4) is 0 Å². The number of ether oxygens (including phenoxy) is 1. The molecule has 1 atom stereocenters. The Kier molecular flexibility index (Phi) is 6.92. The molecule has 2 amide bonds. The number of methoxy groups -OCH3 is 1. The third kappa shape index (κ3) is 5.16. The van der Waals surface area contributed by atoms with Crippen LogP contribution in [0.1, 0.15) is 58.8 Å². The van der Waals surface area contributed by atoms with Crippen molar-refractivity contribution in [2.24, 2.45) is 5.73 Å². The fraction of sp³-hybridized carbons (Fsp3) is 0.370. The van der Waals surface area contributed by atoms with Crippen LogP contribution in [0.4, 0.5) is 0 Å². The van der Waals surface area contributed by atoms with Crippen molar-refractivity contribution in [1.29, 1.82) is 0 Å². The molecule has 172 valence electrons. The van der Waals surface area contributed by atoms with Crippen molar-refractivity contribution in [3.05, 3.63) is 70.9 Å². The molecule has 1 aliphatic rings. The molecular weight excluding hydrogens is 414 g/mol. The van der Waals surface area contributed by atoms with Crippen molar-refractivity contribution < 1.29 is 14.3 Å². The molecule has 2 heterocycles. The molecule has 0 radical (unpaired) electrons. The maximum absolute atomic E-state index is 13.0. The number of nitrogens with two attached hydrogens (primary N) is 1. The highest BCUT2D eigenvalue weighted by atomic mass is 16.5. The van der Waals surface area contributed by atoms with E-state index in [-0.39, 0.29) is 11.8 Å². The lowest BCUT2D eigenvalue weighted by molar-refractivity contribution is -0.132. The van der Waals surface area contributed by atoms with Crippen LogP contribution in [0.25, 0.3) is 10.9 Å². The quantitative estimate of drug-likeness (QED) is 0.585. The number of nitrogens with zero attached hydrogens (tertiary/aromatic N) is 2. The Morgan fingerprint density at radius 3 is 2.76 bits per heavy atom. The van der Waals surface area contributed by atoms with E-state index in [1.165, 1.54) is 11.1 Å². The van der Waals surface area contributed by atoms with Crippen LogP contribution in [0.15, 0.2) is 48.5 Å². The van der Waals surface area contributed by atoms with Gasteiger partial charge in [-0.2, -0.15) is 0 Å². The second-order valence-corrected chi connectivity index (χ2v) is 8.80. The van der Waals surface area contributed by atoms with Gasteiger partial charge >= 0.3 is 0 Å². The number of rotatable bonds is 7. The first-order chi connectivity index (χ1) is 16.0. The van der Waals surface area contributed by atoms with Gasteiger partial charge in [0.05, 0.1) is 23.9 Å². The number of fused-ring (bicyclic) bond motifs is 1. The van der Waals surface area contributed by atoms with Gasteiger partial charge in [0.2, 0.25) is 5.91 Å². The number of para-hydroxylation sites is 1. The van der Waals surface area contributed by atoms with Gasteiger partial charge in [-0.15, -0.1) is 0 Å². The number of pyridine rings is 1. The minimum Gasteiger partial charge on any atom is -0.497 e. The molecule has 3 aromatic rings. The lowest BCUT2D eigenvalue weighted by Crippen LogP contribution is -2.39. The van der Waals surface area contributed by atoms with Crippen molar-refractivity contribution in [2.75, 3.05) is 20.2 Å². The van der Waals surface area contributed by atoms with Gasteiger partial charge in [0.25, 0.3) is 5.91 Å². The zero-order valence-corrected chi connectivity index (χ0v) is 19.3. The van der Waals surface area contributed by atoms with Gasteiger partial charge in [0.1, 0.15) is 5.75 Å². The summed E-state index contributed by atoms with van der Waals surface area (Å²) in [5.41, 5.74) is 10.1. The van der Waals surface area contributed by atoms with Gasteiger partial charge in [-0.05, 0) is 68.0 Å². The van der Waals surface area contributed by atoms with Gasteiger partial charge in [0.15, 0.2) is 0 Å². The fourth-order valence-electron chi connectivity index (χ4n) is 4.73. The highest BCUT2D eigenvalue weighted by molar-refractivity contribution is 5.97. The van der Waals surface area contributed by atoms with Crippen LogP contribution in [-0.4, -0.2) is 41.9 Å². The Hall–Kier alpha value is -3.41. The van der Waals surface area contributed by atoms with E-state index in [2.05, 4.69) is 13.0 Å². The van der Waals surface area contributed by atoms with Crippen molar-refractivity contribution in [1.82, 2.24) is 9.88 Å². The summed E-state index contributed by atoms with van der Waals surface area (Å²) >= 11 is 0. The predicted octanol–water partition coefficient (Wildman–Crippen LogP) is 4.38. The third-order valence-electron chi connectivity index (χ3n) is 6.57. The summed E-state index contributed by atoms with van der Waals surface area (Å²) in [5.74, 6) is 0.553. The zero-order valence-electron chi connectivity index (χ0n) is 19.3. The molecule has 2 aromatic carbocycles. The van der Waals surface area contributed by atoms with E-state index in [0.29, 0.717) is 24.2 Å². The molecule has 0 saturated carbocycles.